The summed E-state index contributed by atoms with van der Waals surface area (Å²) in [5, 5.41) is 2.64. The fraction of sp³-hybridized carbons (Fsp3) is 0.226. The van der Waals surface area contributed by atoms with Gasteiger partial charge in [0, 0.05) is 17.3 Å². The maximum absolute atomic E-state index is 13.2. The molecule has 3 heterocycles. The van der Waals surface area contributed by atoms with Crippen molar-refractivity contribution < 1.29 is 28.5 Å². The van der Waals surface area contributed by atoms with Crippen molar-refractivity contribution in [2.45, 2.75) is 30.6 Å². The Labute approximate surface area is 235 Å². The zero-order valence-electron chi connectivity index (χ0n) is 21.9. The lowest BCUT2D eigenvalue weighted by atomic mass is 9.96. The van der Waals surface area contributed by atoms with Crippen LogP contribution in [0.2, 0.25) is 0 Å². The molecule has 2 aliphatic heterocycles. The highest BCUT2D eigenvalue weighted by Gasteiger charge is 2.49. The van der Waals surface area contributed by atoms with Gasteiger partial charge >= 0.3 is 11.7 Å². The van der Waals surface area contributed by atoms with Gasteiger partial charge in [-0.3, -0.25) is 9.36 Å². The summed E-state index contributed by atoms with van der Waals surface area (Å²) in [5.74, 6) is -0.851. The highest BCUT2D eigenvalue weighted by molar-refractivity contribution is 6.03. The molecule has 41 heavy (non-hydrogen) atoms. The zero-order chi connectivity index (χ0) is 28.2. The second-order valence-corrected chi connectivity index (χ2v) is 9.67. The van der Waals surface area contributed by atoms with Crippen LogP contribution in [-0.4, -0.2) is 53.0 Å². The first kappa shape index (κ1) is 26.6. The molecule has 1 N–H and O–H groups in total. The molecular formula is C31H27N3O7. The monoisotopic (exact) mass is 553 g/mol. The van der Waals surface area contributed by atoms with Crippen molar-refractivity contribution in [2.75, 3.05) is 18.5 Å². The minimum atomic E-state index is -0.902. The number of amides is 1. The van der Waals surface area contributed by atoms with Crippen LogP contribution in [0.4, 0.5) is 5.82 Å². The van der Waals surface area contributed by atoms with Crippen LogP contribution in [0.3, 0.4) is 0 Å². The quantitative estimate of drug-likeness (QED) is 0.359. The third kappa shape index (κ3) is 5.80. The minimum Gasteiger partial charge on any atom is -0.454 e. The number of nitrogens with zero attached hydrogens (tertiary/aromatic N) is 2. The van der Waals surface area contributed by atoms with Gasteiger partial charge in [-0.2, -0.15) is 4.98 Å². The Bertz CT molecular complexity index is 1560. The predicted molar refractivity (Wildman–Crippen MR) is 147 cm³/mol. The molecule has 4 aromatic rings. The van der Waals surface area contributed by atoms with Gasteiger partial charge < -0.3 is 24.3 Å². The van der Waals surface area contributed by atoms with E-state index in [2.05, 4.69) is 10.3 Å². The molecule has 5 atom stereocenters. The molecule has 2 aliphatic rings. The zero-order valence-corrected chi connectivity index (χ0v) is 21.9. The molecule has 0 saturated carbocycles. The summed E-state index contributed by atoms with van der Waals surface area (Å²) in [6.45, 7) is 0.266. The molecule has 0 radical (unpaired) electrons. The van der Waals surface area contributed by atoms with Gasteiger partial charge in [-0.05, 0) is 30.3 Å². The molecule has 0 aliphatic carbocycles. The number of aromatic nitrogens is 2. The highest BCUT2D eigenvalue weighted by atomic mass is 16.7. The number of rotatable bonds is 6. The molecular weight excluding hydrogens is 526 g/mol. The number of carbonyl (C=O) groups is 2. The molecule has 208 valence electrons. The molecule has 10 heteroatoms. The van der Waals surface area contributed by atoms with Crippen LogP contribution in [0.15, 0.2) is 108 Å². The fourth-order valence-corrected chi connectivity index (χ4v) is 4.96. The molecule has 3 aromatic carbocycles. The van der Waals surface area contributed by atoms with Crippen LogP contribution in [0, 0.1) is 0 Å². The Morgan fingerprint density at radius 3 is 2.17 bits per heavy atom. The standard InChI is InChI=1S/C31H27N3O7/c35-28(20-10-4-1-5-11-20)32-25-16-17-34(31(37)33-25)23-18-38-24-19-39-30(22-14-8-3-9-15-22)41-27(24)26(23)40-29(36)21-12-6-2-7-13-21/h1-17,23-24,26-27,30H,18-19H2,(H,32,33,35,37)/t23-,24-,26+,27-,30?/m1/s1. The van der Waals surface area contributed by atoms with E-state index in [1.165, 1.54) is 16.8 Å². The largest absolute Gasteiger partial charge is 0.454 e. The maximum atomic E-state index is 13.2. The van der Waals surface area contributed by atoms with Crippen LogP contribution in [-0.2, 0) is 18.9 Å². The number of hydrogen-bond donors (Lipinski definition) is 1. The molecule has 6 rings (SSSR count). The number of ether oxygens (including phenoxy) is 4. The van der Waals surface area contributed by atoms with Crippen molar-refractivity contribution in [3.63, 3.8) is 0 Å². The van der Waals surface area contributed by atoms with E-state index in [4.69, 9.17) is 18.9 Å². The first-order chi connectivity index (χ1) is 20.1. The number of esters is 1. The van der Waals surface area contributed by atoms with Gasteiger partial charge in [0.1, 0.15) is 24.1 Å². The van der Waals surface area contributed by atoms with Crippen LogP contribution in [0.25, 0.3) is 0 Å². The summed E-state index contributed by atoms with van der Waals surface area (Å²) < 4.78 is 25.7. The van der Waals surface area contributed by atoms with Gasteiger partial charge in [0.15, 0.2) is 12.4 Å². The number of benzene rings is 3. The van der Waals surface area contributed by atoms with Gasteiger partial charge in [-0.25, -0.2) is 9.59 Å². The van der Waals surface area contributed by atoms with Crippen molar-refractivity contribution in [3.05, 3.63) is 130 Å². The van der Waals surface area contributed by atoms with E-state index in [0.717, 1.165) is 5.56 Å². The van der Waals surface area contributed by atoms with Crippen molar-refractivity contribution in [1.82, 2.24) is 9.55 Å². The molecule has 0 bridgehead atoms. The summed E-state index contributed by atoms with van der Waals surface area (Å²) in [4.78, 5) is 43.1. The molecule has 2 saturated heterocycles. The number of fused-ring (bicyclic) bond motifs is 1. The van der Waals surface area contributed by atoms with Crippen LogP contribution in [0.5, 0.6) is 0 Å². The number of nitrogens with one attached hydrogen (secondary N) is 1. The highest BCUT2D eigenvalue weighted by Crippen LogP contribution is 2.37. The average molecular weight is 554 g/mol. The molecule has 10 nitrogen and oxygen atoms in total. The van der Waals surface area contributed by atoms with E-state index >= 15 is 0 Å². The summed E-state index contributed by atoms with van der Waals surface area (Å²) in [6.07, 6.45) is -1.36. The number of carbonyl (C=O) groups excluding carboxylic acids is 2. The lowest BCUT2D eigenvalue weighted by Crippen LogP contribution is -2.58. The second-order valence-electron chi connectivity index (χ2n) is 9.67. The Morgan fingerprint density at radius 1 is 0.829 bits per heavy atom. The normalized spacial score (nSPS) is 23.7. The fourth-order valence-electron chi connectivity index (χ4n) is 4.96. The van der Waals surface area contributed by atoms with Gasteiger partial charge in [0.25, 0.3) is 5.91 Å². The molecule has 1 aromatic heterocycles. The van der Waals surface area contributed by atoms with Gasteiger partial charge in [-0.15, -0.1) is 0 Å². The third-order valence-electron chi connectivity index (χ3n) is 7.03. The third-order valence-corrected chi connectivity index (χ3v) is 7.03. The van der Waals surface area contributed by atoms with Crippen molar-refractivity contribution in [3.8, 4) is 0 Å². The van der Waals surface area contributed by atoms with Crippen LogP contribution < -0.4 is 11.0 Å². The van der Waals surface area contributed by atoms with Crippen molar-refractivity contribution in [2.24, 2.45) is 0 Å². The van der Waals surface area contributed by atoms with Gasteiger partial charge in [-0.1, -0.05) is 66.7 Å². The smallest absolute Gasteiger partial charge is 0.349 e. The lowest BCUT2D eigenvalue weighted by molar-refractivity contribution is -0.306. The Balaban J connectivity index is 1.29. The summed E-state index contributed by atoms with van der Waals surface area (Å²) in [7, 11) is 0. The first-order valence-corrected chi connectivity index (χ1v) is 13.2. The summed E-state index contributed by atoms with van der Waals surface area (Å²) >= 11 is 0. The number of hydrogen-bond acceptors (Lipinski definition) is 8. The summed E-state index contributed by atoms with van der Waals surface area (Å²) in [6, 6.07) is 27.4. The van der Waals surface area contributed by atoms with E-state index < -0.39 is 48.2 Å². The molecule has 2 fully saturated rings. The molecule has 0 spiro atoms. The van der Waals surface area contributed by atoms with E-state index in [1.807, 2.05) is 30.3 Å². The topological polar surface area (TPSA) is 118 Å². The maximum Gasteiger partial charge on any atom is 0.349 e. The number of anilines is 1. The Kier molecular flexibility index (Phi) is 7.68. The van der Waals surface area contributed by atoms with E-state index in [9.17, 15) is 14.4 Å². The molecule has 1 amide bonds. The van der Waals surface area contributed by atoms with E-state index in [-0.39, 0.29) is 19.0 Å². The van der Waals surface area contributed by atoms with Gasteiger partial charge in [0.05, 0.1) is 18.8 Å². The second kappa shape index (κ2) is 11.8. The first-order valence-electron chi connectivity index (χ1n) is 13.2. The SMILES string of the molecule is O=C(Nc1ccn([C@@H]2CO[C@@H]3COC(c4ccccc4)O[C@H]3[C@H]2OC(=O)c2ccccc2)c(=O)n1)c1ccccc1. The van der Waals surface area contributed by atoms with Crippen molar-refractivity contribution in [1.29, 1.82) is 0 Å². The van der Waals surface area contributed by atoms with E-state index in [1.54, 1.807) is 60.7 Å². The Morgan fingerprint density at radius 2 is 1.49 bits per heavy atom. The average Bonchev–Trinajstić information content (AvgIpc) is 3.02. The van der Waals surface area contributed by atoms with E-state index in [0.29, 0.717) is 11.1 Å². The van der Waals surface area contributed by atoms with Crippen molar-refractivity contribution >= 4 is 17.7 Å². The summed E-state index contributed by atoms with van der Waals surface area (Å²) in [5.41, 5.74) is 0.960. The minimum absolute atomic E-state index is 0.0495. The Hall–Kier alpha value is -4.64. The van der Waals surface area contributed by atoms with Gasteiger partial charge in [0.2, 0.25) is 0 Å². The molecule has 1 unspecified atom stereocenters. The predicted octanol–water partition coefficient (Wildman–Crippen LogP) is 3.78. The lowest BCUT2D eigenvalue weighted by Gasteiger charge is -2.46. The van der Waals surface area contributed by atoms with Crippen LogP contribution >= 0.6 is 0 Å². The van der Waals surface area contributed by atoms with Crippen LogP contribution in [0.1, 0.15) is 38.6 Å².